The third-order valence-corrected chi connectivity index (χ3v) is 7.86. The van der Waals surface area contributed by atoms with E-state index in [9.17, 15) is 34.8 Å². The Kier molecular flexibility index (Phi) is 5.28. The Bertz CT molecular complexity index is 1230. The molecule has 0 aromatic carbocycles. The fourth-order valence-electron chi connectivity index (χ4n) is 6.02. The van der Waals surface area contributed by atoms with Crippen LogP contribution < -0.4 is 5.73 Å². The zero-order valence-electron chi connectivity index (χ0n) is 19.5. The molecule has 11 nitrogen and oxygen atoms in total. The normalized spacial score (nSPS) is 30.7. The number of aromatic hydroxyl groups is 1. The van der Waals surface area contributed by atoms with Gasteiger partial charge in [-0.25, -0.2) is 0 Å². The first kappa shape index (κ1) is 23.5. The lowest BCUT2D eigenvalue weighted by Crippen LogP contribution is -2.65. The van der Waals surface area contributed by atoms with Gasteiger partial charge < -0.3 is 26.2 Å². The van der Waals surface area contributed by atoms with Crippen molar-refractivity contribution in [2.24, 2.45) is 17.6 Å². The van der Waals surface area contributed by atoms with Gasteiger partial charge in [0.25, 0.3) is 5.91 Å². The summed E-state index contributed by atoms with van der Waals surface area (Å²) in [5.41, 5.74) is 2.70. The highest BCUT2D eigenvalue weighted by Gasteiger charge is 2.64. The number of carbonyl (C=O) groups excluding carboxylic acids is 3. The molecule has 0 spiro atoms. The number of carbonyl (C=O) groups is 3. The fraction of sp³-hybridized carbons (Fsp3) is 0.500. The maximum atomic E-state index is 13.8. The summed E-state index contributed by atoms with van der Waals surface area (Å²) in [6.45, 7) is 2.14. The quantitative estimate of drug-likeness (QED) is 0.352. The lowest BCUT2D eigenvalue weighted by Gasteiger charge is -2.50. The van der Waals surface area contributed by atoms with Gasteiger partial charge >= 0.3 is 0 Å². The van der Waals surface area contributed by atoms with Crippen molar-refractivity contribution in [3.05, 3.63) is 39.9 Å². The smallest absolute Gasteiger partial charge is 0.255 e. The molecule has 1 saturated heterocycles. The van der Waals surface area contributed by atoms with Crippen LogP contribution in [0.25, 0.3) is 5.76 Å². The Morgan fingerprint density at radius 2 is 1.94 bits per heavy atom. The number of likely N-dealkylation sites (N-methyl/N-ethyl adjacent to an activating group) is 1. The van der Waals surface area contributed by atoms with Crippen LogP contribution in [0.3, 0.4) is 0 Å². The van der Waals surface area contributed by atoms with Crippen molar-refractivity contribution >= 4 is 23.2 Å². The first-order chi connectivity index (χ1) is 16.5. The molecule has 4 aliphatic rings. The summed E-state index contributed by atoms with van der Waals surface area (Å²) in [5, 5.41) is 44.6. The van der Waals surface area contributed by atoms with E-state index in [0.717, 1.165) is 19.5 Å². The van der Waals surface area contributed by atoms with Crippen LogP contribution in [-0.2, 0) is 27.3 Å². The van der Waals surface area contributed by atoms with E-state index in [1.165, 1.54) is 4.90 Å². The predicted octanol–water partition coefficient (Wildman–Crippen LogP) is -0.435. The number of rotatable bonds is 4. The molecule has 4 atom stereocenters. The number of aromatic nitrogens is 1. The summed E-state index contributed by atoms with van der Waals surface area (Å²) in [5.74, 6) is -6.55. The molecule has 1 aromatic rings. The van der Waals surface area contributed by atoms with Crippen molar-refractivity contribution in [2.45, 2.75) is 37.5 Å². The first-order valence-electron chi connectivity index (χ1n) is 11.5. The molecule has 0 bridgehead atoms. The third-order valence-electron chi connectivity index (χ3n) is 7.86. The molecule has 2 heterocycles. The number of hydrogen-bond acceptors (Lipinski definition) is 10. The van der Waals surface area contributed by atoms with Gasteiger partial charge in [-0.3, -0.25) is 29.2 Å². The summed E-state index contributed by atoms with van der Waals surface area (Å²) >= 11 is 0. The number of likely N-dealkylation sites (tertiary alicyclic amines) is 1. The first-order valence-corrected chi connectivity index (χ1v) is 11.5. The minimum absolute atomic E-state index is 0.0576. The number of amides is 1. The number of primary amides is 1. The number of nitrogens with zero attached hydrogens (tertiary/aromatic N) is 3. The van der Waals surface area contributed by atoms with E-state index in [2.05, 4.69) is 9.88 Å². The van der Waals surface area contributed by atoms with E-state index in [-0.39, 0.29) is 29.7 Å². The Morgan fingerprint density at radius 1 is 1.26 bits per heavy atom. The molecule has 2 fully saturated rings. The van der Waals surface area contributed by atoms with Crippen LogP contribution in [0, 0.1) is 11.8 Å². The number of Topliss-reactive ketones (excluding diaryl/α,β-unsaturated/α-hetero) is 2. The highest BCUT2D eigenvalue weighted by Crippen LogP contribution is 2.52. The Hall–Kier alpha value is -3.28. The number of aliphatic hydroxyl groups is 3. The zero-order chi connectivity index (χ0) is 25.4. The van der Waals surface area contributed by atoms with Gasteiger partial charge in [0.1, 0.15) is 22.8 Å². The summed E-state index contributed by atoms with van der Waals surface area (Å²) in [6, 6.07) is -1.10. The molecule has 1 amide bonds. The molecular weight excluding hydrogens is 456 g/mol. The van der Waals surface area contributed by atoms with Crippen molar-refractivity contribution in [2.75, 3.05) is 27.2 Å². The molecule has 0 radical (unpaired) electrons. The van der Waals surface area contributed by atoms with Crippen LogP contribution in [0.2, 0.25) is 0 Å². The highest BCUT2D eigenvalue weighted by atomic mass is 16.3. The third kappa shape index (κ3) is 3.15. The summed E-state index contributed by atoms with van der Waals surface area (Å²) in [6.07, 6.45) is 2.92. The van der Waals surface area contributed by atoms with Crippen LogP contribution in [0.5, 0.6) is 5.75 Å². The van der Waals surface area contributed by atoms with E-state index < -0.39 is 58.0 Å². The van der Waals surface area contributed by atoms with E-state index in [4.69, 9.17) is 5.73 Å². The molecule has 6 N–H and O–H groups in total. The molecular formula is C24H28N4O7. The van der Waals surface area contributed by atoms with Crippen LogP contribution in [0.15, 0.2) is 23.1 Å². The molecule has 3 aliphatic carbocycles. The van der Waals surface area contributed by atoms with Crippen LogP contribution in [-0.4, -0.2) is 91.5 Å². The molecule has 186 valence electrons. The highest BCUT2D eigenvalue weighted by molar-refractivity contribution is 6.24. The topological polar surface area (TPSA) is 178 Å². The van der Waals surface area contributed by atoms with Gasteiger partial charge in [-0.05, 0) is 57.9 Å². The number of ketones is 2. The number of pyridine rings is 1. The van der Waals surface area contributed by atoms with Gasteiger partial charge in [0.05, 0.1) is 17.3 Å². The SMILES string of the molecule is CN(C)[C@@H]1C(=O)C(C(N)=O)=C(O)[C@@]2(O)C(=O)C3=C(O)c4c(cnc(CN5CCC5)c4O)C[C@H]3C[C@@H]12. The van der Waals surface area contributed by atoms with Crippen LogP contribution in [0.1, 0.15) is 29.7 Å². The van der Waals surface area contributed by atoms with Crippen molar-refractivity contribution in [3.8, 4) is 5.75 Å². The van der Waals surface area contributed by atoms with E-state index >= 15 is 0 Å². The van der Waals surface area contributed by atoms with Gasteiger partial charge in [-0.1, -0.05) is 0 Å². The largest absolute Gasteiger partial charge is 0.508 e. The second kappa shape index (κ2) is 7.87. The van der Waals surface area contributed by atoms with Crippen LogP contribution in [0.4, 0.5) is 0 Å². The minimum Gasteiger partial charge on any atom is -0.508 e. The van der Waals surface area contributed by atoms with Gasteiger partial charge in [0, 0.05) is 24.2 Å². The van der Waals surface area contributed by atoms with Crippen molar-refractivity contribution in [1.82, 2.24) is 14.8 Å². The second-order valence-electron chi connectivity index (χ2n) is 10.0. The maximum absolute atomic E-state index is 13.8. The number of hydrogen-bond donors (Lipinski definition) is 5. The van der Waals surface area contributed by atoms with Crippen molar-refractivity contribution in [3.63, 3.8) is 0 Å². The Morgan fingerprint density at radius 3 is 2.51 bits per heavy atom. The van der Waals surface area contributed by atoms with Gasteiger partial charge in [-0.15, -0.1) is 0 Å². The Labute approximate surface area is 201 Å². The van der Waals surface area contributed by atoms with E-state index in [1.54, 1.807) is 20.3 Å². The Balaban J connectivity index is 1.66. The summed E-state index contributed by atoms with van der Waals surface area (Å²) in [4.78, 5) is 46.8. The maximum Gasteiger partial charge on any atom is 0.255 e. The number of fused-ring (bicyclic) bond motifs is 3. The minimum atomic E-state index is -2.63. The molecule has 0 unspecified atom stereocenters. The second-order valence-corrected chi connectivity index (χ2v) is 10.0. The van der Waals surface area contributed by atoms with E-state index in [1.807, 2.05) is 0 Å². The van der Waals surface area contributed by atoms with Gasteiger partial charge in [0.15, 0.2) is 11.4 Å². The molecule has 11 heteroatoms. The molecule has 5 rings (SSSR count). The standard InChI is InChI=1S/C24H28N4O7/c1-27(2)17-12-7-10-6-11-8-26-13(9-28-4-3-5-28)18(29)14(11)19(30)15(10)21(32)24(12,35)22(33)16(20(17)31)23(25)34/h8,10,12,17,29-30,33,35H,3-7,9H2,1-2H3,(H2,25,34)/t10-,12-,17-,24-/m0/s1. The molecule has 1 aromatic heterocycles. The molecule has 35 heavy (non-hydrogen) atoms. The number of aliphatic hydroxyl groups excluding tert-OH is 2. The summed E-state index contributed by atoms with van der Waals surface area (Å²) in [7, 11) is 3.13. The number of nitrogens with two attached hydrogens (primary N) is 1. The molecule has 1 saturated carbocycles. The lowest BCUT2D eigenvalue weighted by molar-refractivity contribution is -0.153. The average molecular weight is 485 g/mol. The van der Waals surface area contributed by atoms with E-state index in [0.29, 0.717) is 17.8 Å². The van der Waals surface area contributed by atoms with Gasteiger partial charge in [0.2, 0.25) is 5.78 Å². The van der Waals surface area contributed by atoms with Gasteiger partial charge in [-0.2, -0.15) is 0 Å². The molecule has 1 aliphatic heterocycles. The van der Waals surface area contributed by atoms with Crippen LogP contribution >= 0.6 is 0 Å². The van der Waals surface area contributed by atoms with Crippen molar-refractivity contribution in [1.29, 1.82) is 0 Å². The van der Waals surface area contributed by atoms with Crippen molar-refractivity contribution < 1.29 is 34.8 Å². The summed E-state index contributed by atoms with van der Waals surface area (Å²) < 4.78 is 0. The zero-order valence-corrected chi connectivity index (χ0v) is 19.5. The fourth-order valence-corrected chi connectivity index (χ4v) is 6.02. The predicted molar refractivity (Wildman–Crippen MR) is 122 cm³/mol. The average Bonchev–Trinajstić information content (AvgIpc) is 2.74. The lowest BCUT2D eigenvalue weighted by atomic mass is 9.57. The monoisotopic (exact) mass is 484 g/mol.